The van der Waals surface area contributed by atoms with E-state index >= 15 is 0 Å². The number of likely N-dealkylation sites (tertiary alicyclic amines) is 1. The zero-order valence-corrected chi connectivity index (χ0v) is 18.1. The average molecular weight is 437 g/mol. The number of rotatable bonds is 5. The van der Waals surface area contributed by atoms with Gasteiger partial charge in [0, 0.05) is 17.1 Å². The lowest BCUT2D eigenvalue weighted by atomic mass is 9.81. The molecule has 1 heterocycles. The van der Waals surface area contributed by atoms with Crippen molar-refractivity contribution in [1.29, 1.82) is 0 Å². The van der Waals surface area contributed by atoms with E-state index in [2.05, 4.69) is 5.32 Å². The van der Waals surface area contributed by atoms with Crippen LogP contribution in [0.5, 0.6) is 0 Å². The second-order valence-corrected chi connectivity index (χ2v) is 9.50. The molecule has 5 rings (SSSR count). The Bertz CT molecular complexity index is 1030. The lowest BCUT2D eigenvalue weighted by Crippen LogP contribution is -2.49. The van der Waals surface area contributed by atoms with Crippen LogP contribution < -0.4 is 5.32 Å². The van der Waals surface area contributed by atoms with Gasteiger partial charge in [-0.3, -0.25) is 19.3 Å². The van der Waals surface area contributed by atoms with Crippen LogP contribution in [0.15, 0.2) is 48.5 Å². The molecule has 2 aromatic rings. The van der Waals surface area contributed by atoms with E-state index in [0.717, 1.165) is 30.4 Å². The quantitative estimate of drug-likeness (QED) is 0.713. The van der Waals surface area contributed by atoms with Crippen LogP contribution in [-0.2, 0) is 20.8 Å². The van der Waals surface area contributed by atoms with E-state index in [1.807, 2.05) is 43.3 Å². The van der Waals surface area contributed by atoms with E-state index in [-0.39, 0.29) is 41.4 Å². The van der Waals surface area contributed by atoms with Gasteiger partial charge in [-0.05, 0) is 61.3 Å². The number of aryl methyl sites for hydroxylation is 1. The molecule has 5 nitrogen and oxygen atoms in total. The van der Waals surface area contributed by atoms with Crippen LogP contribution >= 0.6 is 11.6 Å². The number of fused-ring (bicyclic) bond motifs is 5. The minimum atomic E-state index is -0.882. The first-order valence-corrected chi connectivity index (χ1v) is 11.3. The van der Waals surface area contributed by atoms with E-state index in [4.69, 9.17) is 11.6 Å². The molecular formula is C25H25ClN2O3. The van der Waals surface area contributed by atoms with Crippen molar-refractivity contribution in [3.05, 3.63) is 64.7 Å². The summed E-state index contributed by atoms with van der Waals surface area (Å²) in [5, 5.41) is 3.44. The summed E-state index contributed by atoms with van der Waals surface area (Å²) in [6, 6.07) is 13.9. The van der Waals surface area contributed by atoms with Crippen LogP contribution in [0.2, 0.25) is 5.02 Å². The fourth-order valence-electron chi connectivity index (χ4n) is 5.77. The first-order valence-electron chi connectivity index (χ1n) is 10.9. The Morgan fingerprint density at radius 2 is 1.71 bits per heavy atom. The SMILES string of the molecule is Cc1ccc(NC(=O)[C@H](Cc2ccccc2)N2C(=O)[C@@H]3[C@H]4CC[C@@H](C4)[C@@H]3C2=O)cc1Cl. The van der Waals surface area contributed by atoms with E-state index < -0.39 is 6.04 Å². The Balaban J connectivity index is 1.45. The number of nitrogens with zero attached hydrogens (tertiary/aromatic N) is 1. The van der Waals surface area contributed by atoms with Gasteiger partial charge in [-0.25, -0.2) is 0 Å². The van der Waals surface area contributed by atoms with Crippen molar-refractivity contribution < 1.29 is 14.4 Å². The lowest BCUT2D eigenvalue weighted by molar-refractivity contribution is -0.147. The number of nitrogens with one attached hydrogen (secondary N) is 1. The van der Waals surface area contributed by atoms with E-state index in [1.54, 1.807) is 12.1 Å². The van der Waals surface area contributed by atoms with Crippen LogP contribution in [-0.4, -0.2) is 28.7 Å². The monoisotopic (exact) mass is 436 g/mol. The third kappa shape index (κ3) is 3.45. The van der Waals surface area contributed by atoms with Gasteiger partial charge in [-0.15, -0.1) is 0 Å². The average Bonchev–Trinajstić information content (AvgIpc) is 3.44. The van der Waals surface area contributed by atoms with Gasteiger partial charge >= 0.3 is 0 Å². The molecule has 3 amide bonds. The molecule has 5 atom stereocenters. The van der Waals surface area contributed by atoms with E-state index in [9.17, 15) is 14.4 Å². The molecule has 2 saturated carbocycles. The Hall–Kier alpha value is -2.66. The van der Waals surface area contributed by atoms with Crippen molar-refractivity contribution in [2.45, 2.75) is 38.6 Å². The van der Waals surface area contributed by atoms with Gasteiger partial charge in [-0.1, -0.05) is 48.0 Å². The summed E-state index contributed by atoms with van der Waals surface area (Å²) in [5.74, 6) is -0.615. The highest BCUT2D eigenvalue weighted by atomic mass is 35.5. The van der Waals surface area contributed by atoms with Gasteiger partial charge in [0.1, 0.15) is 6.04 Å². The number of anilines is 1. The summed E-state index contributed by atoms with van der Waals surface area (Å²) in [4.78, 5) is 41.4. The molecule has 2 aliphatic carbocycles. The minimum Gasteiger partial charge on any atom is -0.324 e. The molecule has 6 heteroatoms. The number of carbonyl (C=O) groups is 3. The third-order valence-electron chi connectivity index (χ3n) is 7.29. The summed E-state index contributed by atoms with van der Waals surface area (Å²) in [6.07, 6.45) is 3.28. The predicted octanol–water partition coefficient (Wildman–Crippen LogP) is 4.23. The van der Waals surface area contributed by atoms with Crippen LogP contribution in [0.3, 0.4) is 0 Å². The van der Waals surface area contributed by atoms with Crippen molar-refractivity contribution in [3.8, 4) is 0 Å². The molecule has 0 unspecified atom stereocenters. The van der Waals surface area contributed by atoms with Crippen molar-refractivity contribution in [3.63, 3.8) is 0 Å². The topological polar surface area (TPSA) is 66.5 Å². The molecule has 31 heavy (non-hydrogen) atoms. The summed E-state index contributed by atoms with van der Waals surface area (Å²) < 4.78 is 0. The number of amides is 3. The zero-order chi connectivity index (χ0) is 21.7. The van der Waals surface area contributed by atoms with Gasteiger partial charge in [0.2, 0.25) is 17.7 Å². The highest BCUT2D eigenvalue weighted by Crippen LogP contribution is 2.56. The normalized spacial score (nSPS) is 27.5. The maximum absolute atomic E-state index is 13.4. The molecule has 160 valence electrons. The Morgan fingerprint density at radius 1 is 1.06 bits per heavy atom. The van der Waals surface area contributed by atoms with Crippen LogP contribution in [0.25, 0.3) is 0 Å². The molecule has 1 saturated heterocycles. The van der Waals surface area contributed by atoms with Crippen molar-refractivity contribution in [1.82, 2.24) is 4.90 Å². The highest BCUT2D eigenvalue weighted by molar-refractivity contribution is 6.31. The molecule has 0 aromatic heterocycles. The first-order chi connectivity index (χ1) is 14.9. The van der Waals surface area contributed by atoms with E-state index in [0.29, 0.717) is 17.1 Å². The number of halogens is 1. The Morgan fingerprint density at radius 3 is 2.32 bits per heavy atom. The predicted molar refractivity (Wildman–Crippen MR) is 118 cm³/mol. The summed E-state index contributed by atoms with van der Waals surface area (Å²) >= 11 is 6.21. The number of benzene rings is 2. The van der Waals surface area contributed by atoms with Crippen molar-refractivity contribution >= 4 is 35.0 Å². The highest BCUT2D eigenvalue weighted by Gasteiger charge is 2.62. The molecule has 3 aliphatic rings. The summed E-state index contributed by atoms with van der Waals surface area (Å²) in [5.41, 5.74) is 2.37. The molecule has 1 N–H and O–H groups in total. The fraction of sp³-hybridized carbons (Fsp3) is 0.400. The Kier molecular flexibility index (Phi) is 5.09. The maximum Gasteiger partial charge on any atom is 0.248 e. The van der Waals surface area contributed by atoms with Gasteiger partial charge in [0.05, 0.1) is 11.8 Å². The smallest absolute Gasteiger partial charge is 0.248 e. The second-order valence-electron chi connectivity index (χ2n) is 9.09. The third-order valence-corrected chi connectivity index (χ3v) is 7.69. The number of imide groups is 1. The molecule has 0 radical (unpaired) electrons. The number of hydrogen-bond donors (Lipinski definition) is 1. The van der Waals surface area contributed by atoms with Crippen LogP contribution in [0.4, 0.5) is 5.69 Å². The van der Waals surface area contributed by atoms with Crippen molar-refractivity contribution in [2.75, 3.05) is 5.32 Å². The molecule has 0 spiro atoms. The fourth-order valence-corrected chi connectivity index (χ4v) is 5.95. The second kappa shape index (κ2) is 7.79. The summed E-state index contributed by atoms with van der Waals surface area (Å²) in [6.45, 7) is 1.89. The van der Waals surface area contributed by atoms with Gasteiger partial charge in [0.25, 0.3) is 0 Å². The van der Waals surface area contributed by atoms with Gasteiger partial charge < -0.3 is 5.32 Å². The Labute approximate surface area is 186 Å². The number of carbonyl (C=O) groups excluding carboxylic acids is 3. The standard InChI is InChI=1S/C25H25ClN2O3/c1-14-7-10-18(13-19(14)26)27-23(29)20(11-15-5-3-2-4-6-15)28-24(30)21-16-8-9-17(12-16)22(21)25(28)31/h2-7,10,13,16-17,20-22H,8-9,11-12H2,1H3,(H,27,29)/t16-,17-,20-,21-,22+/m0/s1. The van der Waals surface area contributed by atoms with Gasteiger partial charge in [0.15, 0.2) is 0 Å². The molecule has 1 aliphatic heterocycles. The summed E-state index contributed by atoms with van der Waals surface area (Å²) in [7, 11) is 0. The van der Waals surface area contributed by atoms with Crippen molar-refractivity contribution in [2.24, 2.45) is 23.7 Å². The molecule has 3 fully saturated rings. The van der Waals surface area contributed by atoms with Gasteiger partial charge in [-0.2, -0.15) is 0 Å². The molecule has 2 bridgehead atoms. The zero-order valence-electron chi connectivity index (χ0n) is 17.4. The van der Waals surface area contributed by atoms with Crippen LogP contribution in [0.1, 0.15) is 30.4 Å². The van der Waals surface area contributed by atoms with E-state index in [1.165, 1.54) is 4.90 Å². The largest absolute Gasteiger partial charge is 0.324 e. The first kappa shape index (κ1) is 20.3. The van der Waals surface area contributed by atoms with Crippen LogP contribution in [0, 0.1) is 30.6 Å². The maximum atomic E-state index is 13.4. The number of hydrogen-bond acceptors (Lipinski definition) is 3. The molecule has 2 aromatic carbocycles. The molecular weight excluding hydrogens is 412 g/mol. The minimum absolute atomic E-state index is 0.166. The lowest BCUT2D eigenvalue weighted by Gasteiger charge is -2.27.